The van der Waals surface area contributed by atoms with Crippen LogP contribution in [0.2, 0.25) is 0 Å². The number of pyridine rings is 2. The molecule has 30 heavy (non-hydrogen) atoms. The molecule has 7 heteroatoms. The van der Waals surface area contributed by atoms with Gasteiger partial charge in [0.15, 0.2) is 17.3 Å². The van der Waals surface area contributed by atoms with Crippen LogP contribution in [-0.2, 0) is 23.4 Å². The van der Waals surface area contributed by atoms with Crippen molar-refractivity contribution < 1.29 is 19.4 Å². The highest BCUT2D eigenvalue weighted by Gasteiger charge is 2.43. The normalized spacial score (nSPS) is 21.0. The van der Waals surface area contributed by atoms with Gasteiger partial charge in [-0.1, -0.05) is 6.92 Å². The van der Waals surface area contributed by atoms with Crippen LogP contribution in [0.3, 0.4) is 0 Å². The molecule has 1 aromatic carbocycles. The Hall–Kier alpha value is -3.19. The number of aryl methyl sites for hydroxylation is 1. The molecular weight excluding hydrogens is 384 g/mol. The minimum absolute atomic E-state index is 0.141. The Kier molecular flexibility index (Phi) is 3.35. The predicted octanol–water partition coefficient (Wildman–Crippen LogP) is 2.58. The first-order valence-corrected chi connectivity index (χ1v) is 10.2. The van der Waals surface area contributed by atoms with Gasteiger partial charge in [-0.3, -0.25) is 9.59 Å². The number of aliphatic hydroxyl groups is 1. The van der Waals surface area contributed by atoms with Gasteiger partial charge in [0, 0.05) is 34.6 Å². The van der Waals surface area contributed by atoms with Gasteiger partial charge in [-0.05, 0) is 37.5 Å². The first-order chi connectivity index (χ1) is 14.4. The van der Waals surface area contributed by atoms with E-state index in [1.54, 1.807) is 17.6 Å². The lowest BCUT2D eigenvalue weighted by Crippen LogP contribution is -2.43. The minimum Gasteiger partial charge on any atom is -0.454 e. The first kappa shape index (κ1) is 17.7. The van der Waals surface area contributed by atoms with E-state index in [1.165, 1.54) is 0 Å². The number of rotatable bonds is 1. The van der Waals surface area contributed by atoms with Gasteiger partial charge in [0.1, 0.15) is 5.60 Å². The molecule has 6 rings (SSSR count). The number of fused-ring (bicyclic) bond motifs is 6. The highest BCUT2D eigenvalue weighted by Crippen LogP contribution is 2.42. The van der Waals surface area contributed by atoms with Crippen molar-refractivity contribution in [2.45, 2.75) is 45.3 Å². The number of hydrogen-bond acceptors (Lipinski definition) is 6. The van der Waals surface area contributed by atoms with Crippen molar-refractivity contribution in [3.63, 3.8) is 0 Å². The van der Waals surface area contributed by atoms with Crippen LogP contribution in [0, 0.1) is 6.92 Å². The summed E-state index contributed by atoms with van der Waals surface area (Å²) in [6, 6.07) is 5.59. The molecule has 0 fully saturated rings. The number of carbonyl (C=O) groups is 1. The Morgan fingerprint density at radius 2 is 1.90 bits per heavy atom. The van der Waals surface area contributed by atoms with E-state index >= 15 is 0 Å². The standard InChI is InChI=1S/C23H20N2O5/c1-3-23(28)15-7-17-21-14(9-25(17)22(27)12(15)4-5-20(23)26)11(2)13-6-18-19(30-10-29-18)8-16(13)24-21/h6-8,28H,3-5,9-10H2,1-2H3/t23-/m0/s1. The molecule has 7 nitrogen and oxygen atoms in total. The van der Waals surface area contributed by atoms with Crippen molar-refractivity contribution in [2.75, 3.05) is 6.79 Å². The Labute approximate surface area is 171 Å². The van der Waals surface area contributed by atoms with Crippen molar-refractivity contribution >= 4 is 16.7 Å². The predicted molar refractivity (Wildman–Crippen MR) is 109 cm³/mol. The number of benzene rings is 1. The second-order valence-corrected chi connectivity index (χ2v) is 8.24. The van der Waals surface area contributed by atoms with Crippen LogP contribution in [0.15, 0.2) is 23.0 Å². The highest BCUT2D eigenvalue weighted by molar-refractivity contribution is 5.92. The lowest BCUT2D eigenvalue weighted by Gasteiger charge is -2.32. The van der Waals surface area contributed by atoms with Gasteiger partial charge in [0.05, 0.1) is 23.4 Å². The van der Waals surface area contributed by atoms with Gasteiger partial charge >= 0.3 is 0 Å². The van der Waals surface area contributed by atoms with Crippen molar-refractivity contribution in [3.8, 4) is 22.9 Å². The maximum Gasteiger partial charge on any atom is 0.254 e. The summed E-state index contributed by atoms with van der Waals surface area (Å²) >= 11 is 0. The van der Waals surface area contributed by atoms with E-state index in [0.717, 1.165) is 27.7 Å². The number of nitrogens with zero attached hydrogens (tertiary/aromatic N) is 2. The third-order valence-electron chi connectivity index (χ3n) is 6.85. The molecule has 0 radical (unpaired) electrons. The van der Waals surface area contributed by atoms with E-state index < -0.39 is 5.60 Å². The van der Waals surface area contributed by atoms with Crippen molar-refractivity contribution in [1.29, 1.82) is 0 Å². The third-order valence-corrected chi connectivity index (χ3v) is 6.85. The second-order valence-electron chi connectivity index (χ2n) is 8.24. The molecule has 152 valence electrons. The lowest BCUT2D eigenvalue weighted by atomic mass is 9.77. The largest absolute Gasteiger partial charge is 0.454 e. The zero-order valence-corrected chi connectivity index (χ0v) is 16.7. The van der Waals surface area contributed by atoms with Crippen molar-refractivity contribution in [2.24, 2.45) is 0 Å². The van der Waals surface area contributed by atoms with Crippen LogP contribution < -0.4 is 15.0 Å². The average Bonchev–Trinajstić information content (AvgIpc) is 3.35. The molecule has 1 N–H and O–H groups in total. The summed E-state index contributed by atoms with van der Waals surface area (Å²) < 4.78 is 12.7. The van der Waals surface area contributed by atoms with Gasteiger partial charge in [-0.2, -0.15) is 0 Å². The molecule has 4 heterocycles. The molecule has 0 bridgehead atoms. The molecule has 2 aliphatic heterocycles. The zero-order chi connectivity index (χ0) is 20.8. The maximum atomic E-state index is 13.3. The SMILES string of the molecule is CC[C@@]1(O)C(=O)CCc2c1cc1n(c2=O)Cc2c-1nc1cc3c(cc1c2C)OCO3. The van der Waals surface area contributed by atoms with E-state index in [9.17, 15) is 14.7 Å². The quantitative estimate of drug-likeness (QED) is 0.524. The molecule has 0 amide bonds. The fourth-order valence-electron chi connectivity index (χ4n) is 5.05. The van der Waals surface area contributed by atoms with E-state index in [-0.39, 0.29) is 31.0 Å². The van der Waals surface area contributed by atoms with Crippen LogP contribution in [0.25, 0.3) is 22.3 Å². The first-order valence-electron chi connectivity index (χ1n) is 10.2. The molecule has 3 aliphatic rings. The number of carbonyl (C=O) groups excluding carboxylic acids is 1. The Bertz CT molecular complexity index is 1360. The number of hydrogen-bond donors (Lipinski definition) is 1. The van der Waals surface area contributed by atoms with Crippen molar-refractivity contribution in [3.05, 3.63) is 50.8 Å². The smallest absolute Gasteiger partial charge is 0.254 e. The van der Waals surface area contributed by atoms with Crippen molar-refractivity contribution in [1.82, 2.24) is 9.55 Å². The monoisotopic (exact) mass is 404 g/mol. The summed E-state index contributed by atoms with van der Waals surface area (Å²) in [4.78, 5) is 30.7. The molecule has 0 unspecified atom stereocenters. The highest BCUT2D eigenvalue weighted by atomic mass is 16.7. The summed E-state index contributed by atoms with van der Waals surface area (Å²) in [6.45, 7) is 4.41. The molecule has 3 aromatic rings. The summed E-state index contributed by atoms with van der Waals surface area (Å²) in [5.74, 6) is 1.12. The van der Waals surface area contributed by atoms with E-state index in [4.69, 9.17) is 14.5 Å². The molecule has 1 atom stereocenters. The van der Waals surface area contributed by atoms with Crippen LogP contribution >= 0.6 is 0 Å². The fourth-order valence-corrected chi connectivity index (χ4v) is 5.05. The number of Topliss-reactive ketones (excluding diaryl/α,β-unsaturated/α-hetero) is 1. The Morgan fingerprint density at radius 3 is 2.67 bits per heavy atom. The van der Waals surface area contributed by atoms with Gasteiger partial charge < -0.3 is 19.1 Å². The summed E-state index contributed by atoms with van der Waals surface area (Å²) in [6.07, 6.45) is 0.787. The van der Waals surface area contributed by atoms with Gasteiger partial charge in [0.25, 0.3) is 5.56 Å². The average molecular weight is 404 g/mol. The van der Waals surface area contributed by atoms with Crippen LogP contribution in [-0.4, -0.2) is 27.2 Å². The molecule has 0 saturated carbocycles. The third kappa shape index (κ3) is 2.05. The fraction of sp³-hybridized carbons (Fsp3) is 0.348. The maximum absolute atomic E-state index is 13.3. The zero-order valence-electron chi connectivity index (χ0n) is 16.7. The molecule has 0 saturated heterocycles. The van der Waals surface area contributed by atoms with E-state index in [2.05, 4.69) is 0 Å². The Morgan fingerprint density at radius 1 is 1.13 bits per heavy atom. The summed E-state index contributed by atoms with van der Waals surface area (Å²) in [7, 11) is 0. The molecule has 1 aliphatic carbocycles. The van der Waals surface area contributed by atoms with E-state index in [0.29, 0.717) is 41.3 Å². The second kappa shape index (κ2) is 5.70. The van der Waals surface area contributed by atoms with Crippen LogP contribution in [0.1, 0.15) is 42.0 Å². The number of ketones is 1. The molecule has 0 spiro atoms. The van der Waals surface area contributed by atoms with Crippen LogP contribution in [0.5, 0.6) is 11.5 Å². The van der Waals surface area contributed by atoms with Crippen LogP contribution in [0.4, 0.5) is 0 Å². The number of ether oxygens (including phenoxy) is 2. The topological polar surface area (TPSA) is 90.7 Å². The summed E-state index contributed by atoms with van der Waals surface area (Å²) in [5, 5.41) is 12.0. The minimum atomic E-state index is -1.61. The van der Waals surface area contributed by atoms with Gasteiger partial charge in [-0.15, -0.1) is 0 Å². The molecule has 2 aromatic heterocycles. The molecular formula is C23H20N2O5. The lowest BCUT2D eigenvalue weighted by molar-refractivity contribution is -0.140. The van der Waals surface area contributed by atoms with Gasteiger partial charge in [-0.25, -0.2) is 4.98 Å². The Balaban J connectivity index is 1.64. The summed E-state index contributed by atoms with van der Waals surface area (Å²) in [5.41, 5.74) is 3.38. The number of aromatic nitrogens is 2. The van der Waals surface area contributed by atoms with E-state index in [1.807, 2.05) is 19.1 Å². The van der Waals surface area contributed by atoms with Gasteiger partial charge in [0.2, 0.25) is 6.79 Å².